The van der Waals surface area contributed by atoms with E-state index in [2.05, 4.69) is 35.6 Å². The normalized spacial score (nSPS) is 12.5. The van der Waals surface area contributed by atoms with Gasteiger partial charge in [-0.1, -0.05) is 54.1 Å². The quantitative estimate of drug-likeness (QED) is 0.380. The molecule has 4 aromatic rings. The van der Waals surface area contributed by atoms with E-state index in [0.29, 0.717) is 26.4 Å². The minimum absolute atomic E-state index is 0.479. The van der Waals surface area contributed by atoms with Gasteiger partial charge in [0.25, 0.3) is 0 Å². The highest BCUT2D eigenvalue weighted by Crippen LogP contribution is 2.34. The number of rotatable bonds is 6. The van der Waals surface area contributed by atoms with Crippen LogP contribution in [0.15, 0.2) is 78.9 Å². The second-order valence-electron chi connectivity index (χ2n) is 7.39. The summed E-state index contributed by atoms with van der Waals surface area (Å²) >= 11 is 6.00. The molecule has 0 radical (unpaired) electrons. The zero-order valence-corrected chi connectivity index (χ0v) is 17.7. The van der Waals surface area contributed by atoms with Gasteiger partial charge in [-0.15, -0.1) is 0 Å². The molecule has 31 heavy (non-hydrogen) atoms. The fourth-order valence-electron chi connectivity index (χ4n) is 3.72. The van der Waals surface area contributed by atoms with Crippen molar-refractivity contribution in [3.63, 3.8) is 0 Å². The number of hydrogen-bond donors (Lipinski definition) is 1. The molecule has 1 N–H and O–H groups in total. The summed E-state index contributed by atoms with van der Waals surface area (Å²) in [4.78, 5) is 0. The molecule has 0 fully saturated rings. The molecule has 1 aliphatic heterocycles. The van der Waals surface area contributed by atoms with E-state index in [9.17, 15) is 0 Å². The minimum Gasteiger partial charge on any atom is -0.489 e. The van der Waals surface area contributed by atoms with Crippen LogP contribution in [0.5, 0.6) is 17.2 Å². The first-order chi connectivity index (χ1) is 15.3. The fourth-order valence-corrected chi connectivity index (χ4v) is 3.84. The van der Waals surface area contributed by atoms with Gasteiger partial charge in [0.15, 0.2) is 11.5 Å². The molecule has 0 amide bonds. The van der Waals surface area contributed by atoms with Gasteiger partial charge < -0.3 is 19.5 Å². The van der Waals surface area contributed by atoms with Crippen molar-refractivity contribution in [2.75, 3.05) is 18.5 Å². The largest absolute Gasteiger partial charge is 0.489 e. The molecule has 1 aliphatic rings. The number of fused-ring (bicyclic) bond motifs is 2. The van der Waals surface area contributed by atoms with Crippen LogP contribution in [0, 0.1) is 0 Å². The molecule has 0 atom stereocenters. The minimum atomic E-state index is 0.479. The second-order valence-corrected chi connectivity index (χ2v) is 7.83. The summed E-state index contributed by atoms with van der Waals surface area (Å²) in [7, 11) is 0. The standard InChI is InChI=1S/C26H22ClNO3/c27-20-8-5-18(6-9-20)17-31-24-11-7-19-3-1-2-4-22(19)23(24)16-28-21-10-12-25-26(15-21)30-14-13-29-25/h1-12,15,28H,13-14,16-17H2. The highest BCUT2D eigenvalue weighted by Gasteiger charge is 2.13. The van der Waals surface area contributed by atoms with Gasteiger partial charge in [0.1, 0.15) is 25.6 Å². The first-order valence-corrected chi connectivity index (χ1v) is 10.7. The molecule has 0 aromatic heterocycles. The molecule has 4 aromatic carbocycles. The Kier molecular flexibility index (Phi) is 5.55. The van der Waals surface area contributed by atoms with Crippen LogP contribution in [0.25, 0.3) is 10.8 Å². The maximum Gasteiger partial charge on any atom is 0.163 e. The average Bonchev–Trinajstić information content (AvgIpc) is 2.82. The number of anilines is 1. The molecule has 0 saturated heterocycles. The Labute approximate surface area is 186 Å². The van der Waals surface area contributed by atoms with Gasteiger partial charge in [-0.05, 0) is 46.7 Å². The van der Waals surface area contributed by atoms with Crippen LogP contribution in [-0.2, 0) is 13.2 Å². The molecule has 1 heterocycles. The van der Waals surface area contributed by atoms with Crippen molar-refractivity contribution in [3.8, 4) is 17.2 Å². The van der Waals surface area contributed by atoms with Gasteiger partial charge >= 0.3 is 0 Å². The van der Waals surface area contributed by atoms with Crippen molar-refractivity contribution in [3.05, 3.63) is 95.0 Å². The number of benzene rings is 4. The first kappa shape index (κ1) is 19.6. The van der Waals surface area contributed by atoms with Crippen LogP contribution in [0.2, 0.25) is 5.02 Å². The van der Waals surface area contributed by atoms with Crippen molar-refractivity contribution in [1.82, 2.24) is 0 Å². The zero-order chi connectivity index (χ0) is 21.0. The van der Waals surface area contributed by atoms with Gasteiger partial charge in [0.2, 0.25) is 0 Å². The van der Waals surface area contributed by atoms with Crippen molar-refractivity contribution in [2.45, 2.75) is 13.2 Å². The third-order valence-electron chi connectivity index (χ3n) is 5.32. The lowest BCUT2D eigenvalue weighted by Crippen LogP contribution is -2.15. The predicted molar refractivity (Wildman–Crippen MR) is 124 cm³/mol. The first-order valence-electron chi connectivity index (χ1n) is 10.3. The predicted octanol–water partition coefficient (Wildman–Crippen LogP) is 6.46. The van der Waals surface area contributed by atoms with E-state index in [-0.39, 0.29) is 0 Å². The molecule has 0 bridgehead atoms. The Morgan fingerprint density at radius 3 is 2.52 bits per heavy atom. The molecule has 0 spiro atoms. The monoisotopic (exact) mass is 431 g/mol. The highest BCUT2D eigenvalue weighted by atomic mass is 35.5. The van der Waals surface area contributed by atoms with Crippen molar-refractivity contribution in [1.29, 1.82) is 0 Å². The molecular formula is C26H22ClNO3. The summed E-state index contributed by atoms with van der Waals surface area (Å²) in [6, 6.07) is 26.1. The van der Waals surface area contributed by atoms with Crippen LogP contribution in [0.1, 0.15) is 11.1 Å². The van der Waals surface area contributed by atoms with Crippen LogP contribution < -0.4 is 19.5 Å². The van der Waals surface area contributed by atoms with Crippen molar-refractivity contribution in [2.24, 2.45) is 0 Å². The zero-order valence-electron chi connectivity index (χ0n) is 16.9. The summed E-state index contributed by atoms with van der Waals surface area (Å²) < 4.78 is 17.5. The third kappa shape index (κ3) is 4.39. The lowest BCUT2D eigenvalue weighted by atomic mass is 10.0. The Balaban J connectivity index is 1.40. The Bertz CT molecular complexity index is 1210. The molecule has 5 rings (SSSR count). The Morgan fingerprint density at radius 2 is 1.65 bits per heavy atom. The molecule has 0 saturated carbocycles. The van der Waals surface area contributed by atoms with E-state index in [4.69, 9.17) is 25.8 Å². The number of halogens is 1. The maximum atomic E-state index is 6.22. The van der Waals surface area contributed by atoms with Crippen LogP contribution >= 0.6 is 11.6 Å². The SMILES string of the molecule is Clc1ccc(COc2ccc3ccccc3c2CNc2ccc3c(c2)OCCO3)cc1. The summed E-state index contributed by atoms with van der Waals surface area (Å²) in [6.07, 6.45) is 0. The van der Waals surface area contributed by atoms with E-state index in [1.165, 1.54) is 10.8 Å². The topological polar surface area (TPSA) is 39.7 Å². The van der Waals surface area contributed by atoms with E-state index in [1.807, 2.05) is 48.5 Å². The Hall–Kier alpha value is -3.37. The average molecular weight is 432 g/mol. The van der Waals surface area contributed by atoms with E-state index >= 15 is 0 Å². The van der Waals surface area contributed by atoms with Crippen LogP contribution in [0.4, 0.5) is 5.69 Å². The summed E-state index contributed by atoms with van der Waals surface area (Å²) in [6.45, 7) is 2.26. The summed E-state index contributed by atoms with van der Waals surface area (Å²) in [5, 5.41) is 6.59. The van der Waals surface area contributed by atoms with Crippen molar-refractivity contribution >= 4 is 28.1 Å². The van der Waals surface area contributed by atoms with E-state index < -0.39 is 0 Å². The van der Waals surface area contributed by atoms with Gasteiger partial charge in [-0.2, -0.15) is 0 Å². The van der Waals surface area contributed by atoms with Gasteiger partial charge in [-0.3, -0.25) is 0 Å². The number of ether oxygens (including phenoxy) is 3. The summed E-state index contributed by atoms with van der Waals surface area (Å²) in [5.74, 6) is 2.42. The molecule has 4 nitrogen and oxygen atoms in total. The highest BCUT2D eigenvalue weighted by molar-refractivity contribution is 6.30. The Morgan fingerprint density at radius 1 is 0.839 bits per heavy atom. The fraction of sp³-hybridized carbons (Fsp3) is 0.154. The molecule has 5 heteroatoms. The van der Waals surface area contributed by atoms with Gasteiger partial charge in [-0.25, -0.2) is 0 Å². The summed E-state index contributed by atoms with van der Waals surface area (Å²) in [5.41, 5.74) is 3.16. The second kappa shape index (κ2) is 8.78. The smallest absolute Gasteiger partial charge is 0.163 e. The lowest BCUT2D eigenvalue weighted by Gasteiger charge is -2.20. The number of hydrogen-bond acceptors (Lipinski definition) is 4. The molecular weight excluding hydrogens is 410 g/mol. The third-order valence-corrected chi connectivity index (χ3v) is 5.57. The van der Waals surface area contributed by atoms with E-state index in [1.54, 1.807) is 0 Å². The van der Waals surface area contributed by atoms with Crippen LogP contribution in [0.3, 0.4) is 0 Å². The van der Waals surface area contributed by atoms with E-state index in [0.717, 1.165) is 39.1 Å². The lowest BCUT2D eigenvalue weighted by molar-refractivity contribution is 0.171. The molecule has 0 unspecified atom stereocenters. The van der Waals surface area contributed by atoms with Gasteiger partial charge in [0, 0.05) is 28.9 Å². The molecule has 156 valence electrons. The number of nitrogens with one attached hydrogen (secondary N) is 1. The van der Waals surface area contributed by atoms with Crippen LogP contribution in [-0.4, -0.2) is 13.2 Å². The maximum absolute atomic E-state index is 6.22. The molecule has 0 aliphatic carbocycles. The van der Waals surface area contributed by atoms with Gasteiger partial charge in [0.05, 0.1) is 0 Å². The van der Waals surface area contributed by atoms with Crippen molar-refractivity contribution < 1.29 is 14.2 Å².